The molecule has 0 unspecified atom stereocenters. The predicted molar refractivity (Wildman–Crippen MR) is 77.0 cm³/mol. The Balaban J connectivity index is 2.03. The summed E-state index contributed by atoms with van der Waals surface area (Å²) in [6.07, 6.45) is 2.29. The van der Waals surface area contributed by atoms with Gasteiger partial charge in [-0.2, -0.15) is 0 Å². The van der Waals surface area contributed by atoms with Crippen LogP contribution in [0.5, 0.6) is 0 Å². The first-order chi connectivity index (χ1) is 9.08. The van der Waals surface area contributed by atoms with Gasteiger partial charge in [-0.25, -0.2) is 4.98 Å². The largest absolute Gasteiger partial charge is 0.349 e. The molecule has 0 saturated carbocycles. The lowest BCUT2D eigenvalue weighted by molar-refractivity contribution is 0.0934. The van der Waals surface area contributed by atoms with E-state index in [-0.39, 0.29) is 11.9 Å². The third-order valence-electron chi connectivity index (χ3n) is 3.19. The summed E-state index contributed by atoms with van der Waals surface area (Å²) >= 11 is 5.90. The summed E-state index contributed by atoms with van der Waals surface area (Å²) in [5.74, 6) is 1.21. The molecule has 1 aliphatic rings. The third kappa shape index (κ3) is 4.01. The minimum atomic E-state index is -0.711. The van der Waals surface area contributed by atoms with Gasteiger partial charge in [0.15, 0.2) is 0 Å². The van der Waals surface area contributed by atoms with Gasteiger partial charge in [-0.05, 0) is 31.4 Å². The van der Waals surface area contributed by atoms with Crippen LogP contribution in [0.1, 0.15) is 35.8 Å². The summed E-state index contributed by atoms with van der Waals surface area (Å²) in [5.41, 5.74) is 1.35. The minimum Gasteiger partial charge on any atom is -0.349 e. The summed E-state index contributed by atoms with van der Waals surface area (Å²) in [6.45, 7) is 1.97. The summed E-state index contributed by atoms with van der Waals surface area (Å²) < 4.78 is 11.3. The molecule has 1 N–H and O–H groups in total. The van der Waals surface area contributed by atoms with E-state index in [2.05, 4.69) is 10.3 Å². The van der Waals surface area contributed by atoms with Crippen LogP contribution in [-0.2, 0) is 17.2 Å². The molecule has 1 aromatic rings. The first kappa shape index (κ1) is 14.5. The molecule has 1 aromatic heterocycles. The van der Waals surface area contributed by atoms with Gasteiger partial charge in [0.1, 0.15) is 5.15 Å². The average Bonchev–Trinajstić information content (AvgIpc) is 2.40. The Morgan fingerprint density at radius 1 is 1.47 bits per heavy atom. The number of carbonyl (C=O) groups is 1. The van der Waals surface area contributed by atoms with Gasteiger partial charge < -0.3 is 5.32 Å². The molecule has 6 heteroatoms. The first-order valence-corrected chi connectivity index (χ1v) is 8.27. The zero-order valence-corrected chi connectivity index (χ0v) is 12.4. The van der Waals surface area contributed by atoms with Crippen LogP contribution in [0.25, 0.3) is 0 Å². The molecule has 0 aliphatic carbocycles. The Morgan fingerprint density at radius 3 is 2.79 bits per heavy atom. The Bertz CT molecular complexity index is 497. The summed E-state index contributed by atoms with van der Waals surface area (Å²) in [4.78, 5) is 16.3. The molecular weight excluding hydrogens is 284 g/mol. The molecule has 1 saturated heterocycles. The van der Waals surface area contributed by atoms with Gasteiger partial charge in [-0.15, -0.1) is 0 Å². The Labute approximate surface area is 120 Å². The zero-order valence-electron chi connectivity index (χ0n) is 10.8. The van der Waals surface area contributed by atoms with Gasteiger partial charge in [-0.1, -0.05) is 18.5 Å². The van der Waals surface area contributed by atoms with Crippen molar-refractivity contribution in [2.45, 2.75) is 32.2 Å². The maximum Gasteiger partial charge on any atom is 0.251 e. The smallest absolute Gasteiger partial charge is 0.251 e. The highest BCUT2D eigenvalue weighted by atomic mass is 35.5. The van der Waals surface area contributed by atoms with E-state index in [1.54, 1.807) is 12.1 Å². The molecule has 0 radical (unpaired) electrons. The average molecular weight is 301 g/mol. The zero-order chi connectivity index (χ0) is 13.8. The van der Waals surface area contributed by atoms with Crippen molar-refractivity contribution >= 4 is 28.3 Å². The van der Waals surface area contributed by atoms with E-state index in [0.717, 1.165) is 25.0 Å². The molecule has 0 atom stereocenters. The van der Waals surface area contributed by atoms with Crippen LogP contribution in [0.15, 0.2) is 12.1 Å². The SMILES string of the molecule is CCc1cc(C(=O)NC2CCS(=O)CC2)cc(Cl)n1. The molecule has 1 aliphatic heterocycles. The van der Waals surface area contributed by atoms with Gasteiger partial charge in [0.25, 0.3) is 5.91 Å². The second-order valence-electron chi connectivity index (χ2n) is 4.62. The highest BCUT2D eigenvalue weighted by Gasteiger charge is 2.20. The topological polar surface area (TPSA) is 59.1 Å². The molecule has 2 heterocycles. The normalized spacial score (nSPS) is 23.1. The fraction of sp³-hybridized carbons (Fsp3) is 0.538. The number of aromatic nitrogens is 1. The van der Waals surface area contributed by atoms with Crippen molar-refractivity contribution in [3.8, 4) is 0 Å². The fourth-order valence-corrected chi connectivity index (χ4v) is 3.60. The second-order valence-corrected chi connectivity index (χ2v) is 6.70. The molecule has 1 fully saturated rings. The standard InChI is InChI=1S/C13H17ClN2O2S/c1-2-10-7-9(8-12(14)15-10)13(17)16-11-3-5-19(18)6-4-11/h7-8,11H,2-6H2,1H3,(H,16,17). The molecular formula is C13H17ClN2O2S. The van der Waals surface area contributed by atoms with E-state index in [1.165, 1.54) is 0 Å². The van der Waals surface area contributed by atoms with Crippen molar-refractivity contribution < 1.29 is 9.00 Å². The Morgan fingerprint density at radius 2 is 2.16 bits per heavy atom. The lowest BCUT2D eigenvalue weighted by Gasteiger charge is -2.22. The molecule has 1 amide bonds. The van der Waals surface area contributed by atoms with E-state index in [4.69, 9.17) is 11.6 Å². The van der Waals surface area contributed by atoms with Crippen molar-refractivity contribution in [1.29, 1.82) is 0 Å². The van der Waals surface area contributed by atoms with Crippen LogP contribution in [-0.4, -0.2) is 32.6 Å². The van der Waals surface area contributed by atoms with E-state index < -0.39 is 10.8 Å². The van der Waals surface area contributed by atoms with Crippen molar-refractivity contribution in [3.63, 3.8) is 0 Å². The summed E-state index contributed by atoms with van der Waals surface area (Å²) in [5, 5.41) is 3.32. The number of halogens is 1. The van der Waals surface area contributed by atoms with Crippen LogP contribution in [0.2, 0.25) is 5.15 Å². The van der Waals surface area contributed by atoms with Crippen molar-refractivity contribution in [3.05, 3.63) is 28.5 Å². The van der Waals surface area contributed by atoms with Crippen LogP contribution in [0.3, 0.4) is 0 Å². The number of hydrogen-bond acceptors (Lipinski definition) is 3. The number of nitrogens with one attached hydrogen (secondary N) is 1. The Kier molecular flexibility index (Phi) is 4.93. The molecule has 0 aromatic carbocycles. The quantitative estimate of drug-likeness (QED) is 0.868. The van der Waals surface area contributed by atoms with Crippen LogP contribution >= 0.6 is 11.6 Å². The van der Waals surface area contributed by atoms with Crippen LogP contribution < -0.4 is 5.32 Å². The molecule has 4 nitrogen and oxygen atoms in total. The van der Waals surface area contributed by atoms with Gasteiger partial charge in [-0.3, -0.25) is 9.00 Å². The number of hydrogen-bond donors (Lipinski definition) is 1. The van der Waals surface area contributed by atoms with Gasteiger partial charge >= 0.3 is 0 Å². The van der Waals surface area contributed by atoms with E-state index >= 15 is 0 Å². The number of amides is 1. The Hall–Kier alpha value is -0.940. The second kappa shape index (κ2) is 6.48. The van der Waals surface area contributed by atoms with E-state index in [9.17, 15) is 9.00 Å². The maximum absolute atomic E-state index is 12.1. The number of pyridine rings is 1. The molecule has 2 rings (SSSR count). The third-order valence-corrected chi connectivity index (χ3v) is 4.77. The van der Waals surface area contributed by atoms with Crippen LogP contribution in [0, 0.1) is 0 Å². The molecule has 19 heavy (non-hydrogen) atoms. The number of carbonyl (C=O) groups excluding carboxylic acids is 1. The first-order valence-electron chi connectivity index (χ1n) is 6.40. The van der Waals surface area contributed by atoms with Gasteiger partial charge in [0, 0.05) is 39.6 Å². The summed E-state index contributed by atoms with van der Waals surface area (Å²) in [6, 6.07) is 3.46. The highest BCUT2D eigenvalue weighted by Crippen LogP contribution is 2.14. The predicted octanol–water partition coefficient (Wildman–Crippen LogP) is 1.94. The fourth-order valence-electron chi connectivity index (χ4n) is 2.07. The van der Waals surface area contributed by atoms with Crippen molar-refractivity contribution in [1.82, 2.24) is 10.3 Å². The molecule has 0 bridgehead atoms. The minimum absolute atomic E-state index is 0.113. The monoisotopic (exact) mass is 300 g/mol. The number of nitrogens with zero attached hydrogens (tertiary/aromatic N) is 1. The highest BCUT2D eigenvalue weighted by molar-refractivity contribution is 7.85. The van der Waals surface area contributed by atoms with Gasteiger partial charge in [0.05, 0.1) is 0 Å². The number of rotatable bonds is 3. The van der Waals surface area contributed by atoms with Crippen LogP contribution in [0.4, 0.5) is 0 Å². The summed E-state index contributed by atoms with van der Waals surface area (Å²) in [7, 11) is -0.711. The lowest BCUT2D eigenvalue weighted by Crippen LogP contribution is -2.39. The van der Waals surface area contributed by atoms with Crippen molar-refractivity contribution in [2.24, 2.45) is 0 Å². The maximum atomic E-state index is 12.1. The van der Waals surface area contributed by atoms with Crippen molar-refractivity contribution in [2.75, 3.05) is 11.5 Å². The lowest BCUT2D eigenvalue weighted by atomic mass is 10.1. The molecule has 0 spiro atoms. The van der Waals surface area contributed by atoms with Gasteiger partial charge in [0.2, 0.25) is 0 Å². The number of aryl methyl sites for hydroxylation is 1. The van der Waals surface area contributed by atoms with E-state index in [0.29, 0.717) is 22.2 Å². The van der Waals surface area contributed by atoms with E-state index in [1.807, 2.05) is 6.92 Å². The molecule has 104 valence electrons.